The van der Waals surface area contributed by atoms with E-state index in [1.54, 1.807) is 24.3 Å². The molecule has 0 bridgehead atoms. The zero-order chi connectivity index (χ0) is 12.2. The summed E-state index contributed by atoms with van der Waals surface area (Å²) in [7, 11) is -4.10. The third kappa shape index (κ3) is 4.72. The van der Waals surface area contributed by atoms with E-state index in [1.807, 2.05) is 0 Å². The highest BCUT2D eigenvalue weighted by molar-refractivity contribution is 7.88. The highest BCUT2D eigenvalue weighted by atomic mass is 32.2. The molecule has 0 fully saturated rings. The van der Waals surface area contributed by atoms with Crippen LogP contribution in [-0.2, 0) is 14.9 Å². The Labute approximate surface area is 93.5 Å². The van der Waals surface area contributed by atoms with E-state index in [0.29, 0.717) is 16.7 Å². The molecule has 0 saturated carbocycles. The standard InChI is InChI=1S/C10H11NO4S/c1-8(12)11-10-4-2-9(3-5-10)6-7-16(13,14)15/h2-7H,1H3,(H,11,12)(H,13,14,15). The summed E-state index contributed by atoms with van der Waals surface area (Å²) in [6, 6.07) is 6.50. The Morgan fingerprint density at radius 1 is 1.31 bits per heavy atom. The second kappa shape index (κ2) is 4.91. The molecule has 1 aromatic rings. The first-order valence-corrected chi connectivity index (χ1v) is 5.90. The third-order valence-electron chi connectivity index (χ3n) is 1.66. The van der Waals surface area contributed by atoms with Crippen molar-refractivity contribution < 1.29 is 17.8 Å². The van der Waals surface area contributed by atoms with E-state index in [0.717, 1.165) is 0 Å². The quantitative estimate of drug-likeness (QED) is 0.785. The summed E-state index contributed by atoms with van der Waals surface area (Å²) in [5.74, 6) is -0.179. The van der Waals surface area contributed by atoms with Gasteiger partial charge in [0, 0.05) is 12.6 Å². The van der Waals surface area contributed by atoms with Gasteiger partial charge in [0.25, 0.3) is 10.1 Å². The van der Waals surface area contributed by atoms with Crippen LogP contribution >= 0.6 is 0 Å². The largest absolute Gasteiger partial charge is 0.326 e. The average molecular weight is 241 g/mol. The van der Waals surface area contributed by atoms with Crippen molar-refractivity contribution in [2.45, 2.75) is 6.92 Å². The van der Waals surface area contributed by atoms with Crippen LogP contribution in [0.5, 0.6) is 0 Å². The van der Waals surface area contributed by atoms with Gasteiger partial charge < -0.3 is 5.32 Å². The van der Waals surface area contributed by atoms with E-state index >= 15 is 0 Å². The van der Waals surface area contributed by atoms with Crippen LogP contribution in [-0.4, -0.2) is 18.9 Å². The van der Waals surface area contributed by atoms with Gasteiger partial charge in [-0.3, -0.25) is 9.35 Å². The minimum atomic E-state index is -4.10. The highest BCUT2D eigenvalue weighted by Crippen LogP contribution is 2.11. The molecule has 5 nitrogen and oxygen atoms in total. The Hall–Kier alpha value is -1.66. The van der Waals surface area contributed by atoms with Crippen molar-refractivity contribution in [3.63, 3.8) is 0 Å². The van der Waals surface area contributed by atoms with E-state index in [-0.39, 0.29) is 5.91 Å². The number of anilines is 1. The van der Waals surface area contributed by atoms with Gasteiger partial charge in [0.2, 0.25) is 5.91 Å². The van der Waals surface area contributed by atoms with Crippen molar-refractivity contribution in [2.75, 3.05) is 5.32 Å². The highest BCUT2D eigenvalue weighted by Gasteiger charge is 1.97. The zero-order valence-electron chi connectivity index (χ0n) is 8.54. The van der Waals surface area contributed by atoms with Crippen molar-refractivity contribution in [3.05, 3.63) is 35.2 Å². The Balaban J connectivity index is 2.80. The Bertz CT molecular complexity index is 502. The van der Waals surface area contributed by atoms with Crippen LogP contribution in [0.15, 0.2) is 29.7 Å². The molecule has 0 aliphatic rings. The smallest absolute Gasteiger partial charge is 0.287 e. The summed E-state index contributed by atoms with van der Waals surface area (Å²) in [6.07, 6.45) is 1.26. The van der Waals surface area contributed by atoms with E-state index in [9.17, 15) is 13.2 Å². The topological polar surface area (TPSA) is 83.5 Å². The van der Waals surface area contributed by atoms with Crippen LogP contribution in [0, 0.1) is 0 Å². The summed E-state index contributed by atoms with van der Waals surface area (Å²) in [5, 5.41) is 3.27. The third-order valence-corrected chi connectivity index (χ3v) is 2.14. The normalized spacial score (nSPS) is 11.6. The fourth-order valence-electron chi connectivity index (χ4n) is 1.05. The average Bonchev–Trinajstić information content (AvgIpc) is 2.14. The van der Waals surface area contributed by atoms with E-state index in [2.05, 4.69) is 5.32 Å². The maximum Gasteiger partial charge on any atom is 0.287 e. The van der Waals surface area contributed by atoms with Crippen molar-refractivity contribution in [3.8, 4) is 0 Å². The summed E-state index contributed by atoms with van der Waals surface area (Å²) < 4.78 is 29.3. The number of nitrogens with one attached hydrogen (secondary N) is 1. The predicted molar refractivity (Wildman–Crippen MR) is 61.3 cm³/mol. The van der Waals surface area contributed by atoms with Gasteiger partial charge in [0.05, 0.1) is 5.41 Å². The predicted octanol–water partition coefficient (Wildman–Crippen LogP) is 1.50. The first-order chi connectivity index (χ1) is 7.37. The molecule has 0 radical (unpaired) electrons. The lowest BCUT2D eigenvalue weighted by Crippen LogP contribution is -2.05. The summed E-state index contributed by atoms with van der Waals surface area (Å²) >= 11 is 0. The van der Waals surface area contributed by atoms with Crippen LogP contribution in [0.3, 0.4) is 0 Å². The Kier molecular flexibility index (Phi) is 3.81. The van der Waals surface area contributed by atoms with Gasteiger partial charge in [0.1, 0.15) is 0 Å². The van der Waals surface area contributed by atoms with Gasteiger partial charge in [-0.15, -0.1) is 0 Å². The van der Waals surface area contributed by atoms with E-state index in [1.165, 1.54) is 13.0 Å². The number of rotatable bonds is 3. The van der Waals surface area contributed by atoms with Crippen LogP contribution < -0.4 is 5.32 Å². The molecule has 0 aromatic heterocycles. The Morgan fingerprint density at radius 2 is 1.88 bits per heavy atom. The number of benzene rings is 1. The lowest BCUT2D eigenvalue weighted by Gasteiger charge is -2.01. The van der Waals surface area contributed by atoms with Crippen molar-refractivity contribution >= 4 is 27.8 Å². The summed E-state index contributed by atoms with van der Waals surface area (Å²) in [4.78, 5) is 10.7. The van der Waals surface area contributed by atoms with Gasteiger partial charge in [-0.05, 0) is 23.8 Å². The molecule has 0 heterocycles. The van der Waals surface area contributed by atoms with Crippen molar-refractivity contribution in [2.24, 2.45) is 0 Å². The fraction of sp³-hybridized carbons (Fsp3) is 0.100. The number of hydrogen-bond donors (Lipinski definition) is 2. The SMILES string of the molecule is CC(=O)Nc1ccc(C=CS(=O)(=O)O)cc1. The number of carbonyl (C=O) groups excluding carboxylic acids is 1. The van der Waals surface area contributed by atoms with Gasteiger partial charge in [-0.1, -0.05) is 12.1 Å². The Morgan fingerprint density at radius 3 is 2.31 bits per heavy atom. The first kappa shape index (κ1) is 12.4. The minimum absolute atomic E-state index is 0.179. The van der Waals surface area contributed by atoms with Gasteiger partial charge in [-0.2, -0.15) is 8.42 Å². The minimum Gasteiger partial charge on any atom is -0.326 e. The molecule has 2 N–H and O–H groups in total. The van der Waals surface area contributed by atoms with Gasteiger partial charge in [0.15, 0.2) is 0 Å². The maximum absolute atomic E-state index is 10.7. The lowest BCUT2D eigenvalue weighted by atomic mass is 10.2. The van der Waals surface area contributed by atoms with Crippen molar-refractivity contribution in [1.82, 2.24) is 0 Å². The van der Waals surface area contributed by atoms with E-state index in [4.69, 9.17) is 4.55 Å². The molecule has 0 aliphatic heterocycles. The molecule has 0 saturated heterocycles. The maximum atomic E-state index is 10.7. The molecule has 0 unspecified atom stereocenters. The fourth-order valence-corrected chi connectivity index (χ4v) is 1.37. The van der Waals surface area contributed by atoms with Crippen LogP contribution in [0.2, 0.25) is 0 Å². The second-order valence-corrected chi connectivity index (χ2v) is 4.42. The lowest BCUT2D eigenvalue weighted by molar-refractivity contribution is -0.114. The molecule has 1 amide bonds. The molecule has 0 aliphatic carbocycles. The zero-order valence-corrected chi connectivity index (χ0v) is 9.36. The van der Waals surface area contributed by atoms with Crippen LogP contribution in [0.25, 0.3) is 6.08 Å². The summed E-state index contributed by atoms with van der Waals surface area (Å²) in [5.41, 5.74) is 1.23. The first-order valence-electron chi connectivity index (χ1n) is 4.40. The monoisotopic (exact) mass is 241 g/mol. The van der Waals surface area contributed by atoms with Crippen LogP contribution in [0.1, 0.15) is 12.5 Å². The molecule has 0 spiro atoms. The second-order valence-electron chi connectivity index (χ2n) is 3.12. The number of carbonyl (C=O) groups is 1. The molecular weight excluding hydrogens is 230 g/mol. The van der Waals surface area contributed by atoms with Crippen LogP contribution in [0.4, 0.5) is 5.69 Å². The molecule has 1 aromatic carbocycles. The van der Waals surface area contributed by atoms with E-state index < -0.39 is 10.1 Å². The molecule has 6 heteroatoms. The molecular formula is C10H11NO4S. The number of hydrogen-bond acceptors (Lipinski definition) is 3. The molecule has 0 atom stereocenters. The van der Waals surface area contributed by atoms with Gasteiger partial charge >= 0.3 is 0 Å². The molecule has 16 heavy (non-hydrogen) atoms. The molecule has 86 valence electrons. The van der Waals surface area contributed by atoms with Gasteiger partial charge in [-0.25, -0.2) is 0 Å². The molecule has 1 rings (SSSR count). The summed E-state index contributed by atoms with van der Waals surface area (Å²) in [6.45, 7) is 1.39. The van der Waals surface area contributed by atoms with Crippen molar-refractivity contribution in [1.29, 1.82) is 0 Å². The number of amides is 1.